The number of carbonyl (C=O) groups excluding carboxylic acids is 2. The van der Waals surface area contributed by atoms with Crippen LogP contribution in [0.2, 0.25) is 0 Å². The molecule has 1 saturated heterocycles. The Balaban J connectivity index is 1.85. The van der Waals surface area contributed by atoms with Gasteiger partial charge >= 0.3 is 11.9 Å². The molecule has 0 amide bonds. The quantitative estimate of drug-likeness (QED) is 0.628. The summed E-state index contributed by atoms with van der Waals surface area (Å²) in [5.41, 5.74) is 0. The summed E-state index contributed by atoms with van der Waals surface area (Å²) in [6.45, 7) is 2.18. The van der Waals surface area contributed by atoms with Gasteiger partial charge in [-0.3, -0.25) is 9.59 Å². The Bertz CT molecular complexity index is 483. The Hall–Kier alpha value is -1.91. The van der Waals surface area contributed by atoms with Crippen LogP contribution in [0.3, 0.4) is 0 Å². The summed E-state index contributed by atoms with van der Waals surface area (Å²) in [4.78, 5) is 23.2. The van der Waals surface area contributed by atoms with Crippen molar-refractivity contribution < 1.29 is 23.5 Å². The van der Waals surface area contributed by atoms with Gasteiger partial charge in [-0.2, -0.15) is 0 Å². The van der Waals surface area contributed by atoms with E-state index in [4.69, 9.17) is 9.47 Å². The standard InChI is InChI=1S/C15H17FO4/c1-2-11-7-10(9-19-15(11)18)8-14(17)20-13-5-3-12(16)4-6-13/h3-6,10-11H,2,7-9H2,1H3/t10-,11+/m1/s1. The molecular formula is C15H17FO4. The Morgan fingerprint density at radius 3 is 2.75 bits per heavy atom. The van der Waals surface area contributed by atoms with Gasteiger partial charge in [0, 0.05) is 5.92 Å². The molecule has 1 aromatic carbocycles. The van der Waals surface area contributed by atoms with Crippen molar-refractivity contribution in [1.82, 2.24) is 0 Å². The Kier molecular flexibility index (Phi) is 4.71. The molecule has 0 aliphatic carbocycles. The van der Waals surface area contributed by atoms with Crippen molar-refractivity contribution in [2.45, 2.75) is 26.2 Å². The second-order valence-electron chi connectivity index (χ2n) is 4.97. The van der Waals surface area contributed by atoms with E-state index >= 15 is 0 Å². The third kappa shape index (κ3) is 3.79. The first-order valence-electron chi connectivity index (χ1n) is 6.71. The number of hydrogen-bond acceptors (Lipinski definition) is 4. The predicted molar refractivity (Wildman–Crippen MR) is 69.5 cm³/mol. The van der Waals surface area contributed by atoms with Crippen LogP contribution in [0.25, 0.3) is 0 Å². The van der Waals surface area contributed by atoms with Crippen LogP contribution in [0.4, 0.5) is 4.39 Å². The Morgan fingerprint density at radius 1 is 1.40 bits per heavy atom. The molecule has 20 heavy (non-hydrogen) atoms. The smallest absolute Gasteiger partial charge is 0.311 e. The van der Waals surface area contributed by atoms with E-state index in [0.717, 1.165) is 0 Å². The third-order valence-corrected chi connectivity index (χ3v) is 3.41. The summed E-state index contributed by atoms with van der Waals surface area (Å²) in [6, 6.07) is 5.28. The van der Waals surface area contributed by atoms with Gasteiger partial charge in [-0.15, -0.1) is 0 Å². The lowest BCUT2D eigenvalue weighted by molar-refractivity contribution is -0.158. The van der Waals surface area contributed by atoms with Crippen LogP contribution in [0.1, 0.15) is 26.2 Å². The largest absolute Gasteiger partial charge is 0.465 e. The highest BCUT2D eigenvalue weighted by Crippen LogP contribution is 2.26. The molecule has 5 heteroatoms. The van der Waals surface area contributed by atoms with Crippen molar-refractivity contribution in [1.29, 1.82) is 0 Å². The summed E-state index contributed by atoms with van der Waals surface area (Å²) in [5, 5.41) is 0. The van der Waals surface area contributed by atoms with Gasteiger partial charge in [0.2, 0.25) is 0 Å². The van der Waals surface area contributed by atoms with Crippen LogP contribution < -0.4 is 4.74 Å². The first kappa shape index (κ1) is 14.5. The van der Waals surface area contributed by atoms with Gasteiger partial charge in [0.1, 0.15) is 11.6 Å². The maximum Gasteiger partial charge on any atom is 0.311 e. The second-order valence-corrected chi connectivity index (χ2v) is 4.97. The van der Waals surface area contributed by atoms with Crippen molar-refractivity contribution >= 4 is 11.9 Å². The molecule has 0 unspecified atom stereocenters. The molecule has 0 bridgehead atoms. The number of benzene rings is 1. The molecule has 4 nitrogen and oxygen atoms in total. The zero-order valence-corrected chi connectivity index (χ0v) is 11.3. The molecule has 0 saturated carbocycles. The summed E-state index contributed by atoms with van der Waals surface area (Å²) in [6.07, 6.45) is 1.55. The molecule has 2 atom stereocenters. The van der Waals surface area contributed by atoms with Crippen LogP contribution in [0.5, 0.6) is 5.75 Å². The summed E-state index contributed by atoms with van der Waals surface area (Å²) in [5.74, 6) is -0.783. The summed E-state index contributed by atoms with van der Waals surface area (Å²) < 4.78 is 22.9. The molecule has 1 fully saturated rings. The van der Waals surface area contributed by atoms with Gasteiger partial charge < -0.3 is 9.47 Å². The molecule has 1 heterocycles. The first-order chi connectivity index (χ1) is 9.58. The zero-order valence-electron chi connectivity index (χ0n) is 11.3. The van der Waals surface area contributed by atoms with Gasteiger partial charge in [-0.1, -0.05) is 6.92 Å². The molecule has 1 aliphatic rings. The minimum absolute atomic E-state index is 0.00871. The van der Waals surface area contributed by atoms with Gasteiger partial charge in [-0.25, -0.2) is 4.39 Å². The molecule has 0 aromatic heterocycles. The number of ether oxygens (including phenoxy) is 2. The highest BCUT2D eigenvalue weighted by atomic mass is 19.1. The lowest BCUT2D eigenvalue weighted by Crippen LogP contribution is -2.32. The summed E-state index contributed by atoms with van der Waals surface area (Å²) in [7, 11) is 0. The van der Waals surface area contributed by atoms with Crippen LogP contribution >= 0.6 is 0 Å². The Labute approximate surface area is 116 Å². The molecule has 0 spiro atoms. The van der Waals surface area contributed by atoms with E-state index in [1.807, 2.05) is 6.92 Å². The molecule has 2 rings (SSSR count). The van der Waals surface area contributed by atoms with Crippen LogP contribution in [-0.4, -0.2) is 18.5 Å². The fraction of sp³-hybridized carbons (Fsp3) is 0.467. The van der Waals surface area contributed by atoms with E-state index in [1.54, 1.807) is 0 Å². The van der Waals surface area contributed by atoms with Gasteiger partial charge in [0.05, 0.1) is 18.9 Å². The van der Waals surface area contributed by atoms with Gasteiger partial charge in [-0.05, 0) is 37.1 Å². The van der Waals surface area contributed by atoms with Crippen molar-refractivity contribution in [2.24, 2.45) is 11.8 Å². The molecule has 1 aromatic rings. The summed E-state index contributed by atoms with van der Waals surface area (Å²) >= 11 is 0. The highest BCUT2D eigenvalue weighted by Gasteiger charge is 2.30. The number of carbonyl (C=O) groups is 2. The third-order valence-electron chi connectivity index (χ3n) is 3.41. The highest BCUT2D eigenvalue weighted by molar-refractivity contribution is 5.75. The minimum atomic E-state index is -0.394. The van der Waals surface area contributed by atoms with Crippen molar-refractivity contribution in [3.8, 4) is 5.75 Å². The maximum absolute atomic E-state index is 12.7. The lowest BCUT2D eigenvalue weighted by atomic mass is 9.89. The van der Waals surface area contributed by atoms with E-state index < -0.39 is 5.97 Å². The molecule has 108 valence electrons. The van der Waals surface area contributed by atoms with Crippen LogP contribution in [-0.2, 0) is 14.3 Å². The first-order valence-corrected chi connectivity index (χ1v) is 6.71. The number of esters is 2. The fourth-order valence-electron chi connectivity index (χ4n) is 2.27. The second kappa shape index (κ2) is 6.50. The fourth-order valence-corrected chi connectivity index (χ4v) is 2.27. The van der Waals surface area contributed by atoms with Crippen LogP contribution in [0, 0.1) is 17.7 Å². The van der Waals surface area contributed by atoms with E-state index in [-0.39, 0.29) is 36.7 Å². The SMILES string of the molecule is CC[C@H]1C[C@H](CC(=O)Oc2ccc(F)cc2)COC1=O. The topological polar surface area (TPSA) is 52.6 Å². The predicted octanol–water partition coefficient (Wildman–Crippen LogP) is 2.71. The van der Waals surface area contributed by atoms with E-state index in [1.165, 1.54) is 24.3 Å². The van der Waals surface area contributed by atoms with Crippen molar-refractivity contribution in [3.63, 3.8) is 0 Å². The van der Waals surface area contributed by atoms with E-state index in [0.29, 0.717) is 18.6 Å². The molecule has 0 radical (unpaired) electrons. The van der Waals surface area contributed by atoms with Gasteiger partial charge in [0.25, 0.3) is 0 Å². The number of cyclic esters (lactones) is 1. The monoisotopic (exact) mass is 280 g/mol. The van der Waals surface area contributed by atoms with E-state index in [2.05, 4.69) is 0 Å². The van der Waals surface area contributed by atoms with Crippen molar-refractivity contribution in [2.75, 3.05) is 6.61 Å². The number of hydrogen-bond donors (Lipinski definition) is 0. The number of rotatable bonds is 4. The zero-order chi connectivity index (χ0) is 14.5. The molecular weight excluding hydrogens is 263 g/mol. The van der Waals surface area contributed by atoms with E-state index in [9.17, 15) is 14.0 Å². The van der Waals surface area contributed by atoms with Crippen LogP contribution in [0.15, 0.2) is 24.3 Å². The van der Waals surface area contributed by atoms with Crippen molar-refractivity contribution in [3.05, 3.63) is 30.1 Å². The number of halogens is 1. The maximum atomic E-state index is 12.7. The average molecular weight is 280 g/mol. The lowest BCUT2D eigenvalue weighted by Gasteiger charge is -2.26. The normalized spacial score (nSPS) is 22.2. The Morgan fingerprint density at radius 2 is 2.10 bits per heavy atom. The average Bonchev–Trinajstić information content (AvgIpc) is 2.43. The molecule has 1 aliphatic heterocycles. The molecule has 0 N–H and O–H groups in total. The van der Waals surface area contributed by atoms with Gasteiger partial charge in [0.15, 0.2) is 0 Å². The minimum Gasteiger partial charge on any atom is -0.465 e.